The van der Waals surface area contributed by atoms with Gasteiger partial charge in [0.15, 0.2) is 27.2 Å². The summed E-state index contributed by atoms with van der Waals surface area (Å²) in [7, 11) is -3.70. The minimum Gasteiger partial charge on any atom is -0.487 e. The van der Waals surface area contributed by atoms with Gasteiger partial charge < -0.3 is 9.47 Å². The van der Waals surface area contributed by atoms with Crippen molar-refractivity contribution in [2.24, 2.45) is 5.92 Å². The van der Waals surface area contributed by atoms with E-state index in [4.69, 9.17) is 21.1 Å². The number of carbonyl (C=O) groups is 3. The van der Waals surface area contributed by atoms with Crippen molar-refractivity contribution in [3.8, 4) is 17.2 Å². The number of ether oxygens (including phenoxy) is 2. The fourth-order valence-corrected chi connectivity index (χ4v) is 5.18. The van der Waals surface area contributed by atoms with Crippen molar-refractivity contribution in [2.45, 2.75) is 37.3 Å². The van der Waals surface area contributed by atoms with Gasteiger partial charge in [-0.25, -0.2) is 8.42 Å². The summed E-state index contributed by atoms with van der Waals surface area (Å²) in [5, 5.41) is 21.8. The van der Waals surface area contributed by atoms with E-state index in [-0.39, 0.29) is 52.3 Å². The number of ketones is 3. The highest BCUT2D eigenvalue weighted by molar-refractivity contribution is 7.90. The maximum Gasteiger partial charge on any atom is 0.416 e. The first kappa shape index (κ1) is 36.6. The molecule has 1 saturated carbocycles. The van der Waals surface area contributed by atoms with Crippen molar-refractivity contribution >= 4 is 50.2 Å². The summed E-state index contributed by atoms with van der Waals surface area (Å²) in [6.45, 7) is 1.86. The maximum absolute atomic E-state index is 12.6. The summed E-state index contributed by atoms with van der Waals surface area (Å²) in [5.74, 6) is -3.49. The molecule has 13 nitrogen and oxygen atoms in total. The molecule has 0 spiro atoms. The molecular weight excluding hydrogens is 677 g/mol. The summed E-state index contributed by atoms with van der Waals surface area (Å²) in [6.07, 6.45) is -3.15. The number of nitrogens with zero attached hydrogens (tertiary/aromatic N) is 2. The van der Waals surface area contributed by atoms with Crippen molar-refractivity contribution in [1.29, 1.82) is 0 Å². The molecule has 4 rings (SSSR count). The van der Waals surface area contributed by atoms with Crippen molar-refractivity contribution < 1.29 is 55.3 Å². The lowest BCUT2D eigenvalue weighted by atomic mass is 9.81. The maximum atomic E-state index is 12.6. The minimum atomic E-state index is -4.52. The Labute approximate surface area is 269 Å². The average Bonchev–Trinajstić information content (AvgIpc) is 2.97. The Bertz CT molecular complexity index is 1850. The fraction of sp³-hybridized carbons (Fsp3) is 0.276. The number of benzene rings is 3. The predicted octanol–water partition coefficient (Wildman–Crippen LogP) is 6.58. The van der Waals surface area contributed by atoms with Crippen LogP contribution < -0.4 is 9.47 Å². The summed E-state index contributed by atoms with van der Waals surface area (Å²) in [5.41, 5.74) is -2.32. The smallest absolute Gasteiger partial charge is 0.416 e. The zero-order valence-corrected chi connectivity index (χ0v) is 26.0. The fourth-order valence-electron chi connectivity index (χ4n) is 4.32. The van der Waals surface area contributed by atoms with Gasteiger partial charge in [-0.1, -0.05) is 11.6 Å². The van der Waals surface area contributed by atoms with Gasteiger partial charge in [-0.15, -0.1) is 0 Å². The van der Waals surface area contributed by atoms with E-state index < -0.39 is 65.9 Å². The number of nitro benzene ring substituents is 2. The molecule has 1 fully saturated rings. The highest BCUT2D eigenvalue weighted by Gasteiger charge is 2.39. The molecule has 0 aliphatic heterocycles. The van der Waals surface area contributed by atoms with Crippen molar-refractivity contribution in [2.75, 3.05) is 12.9 Å². The van der Waals surface area contributed by atoms with Gasteiger partial charge in [0.1, 0.15) is 17.4 Å². The third kappa shape index (κ3) is 9.10. The molecule has 0 radical (unpaired) electrons. The van der Waals surface area contributed by atoms with Crippen LogP contribution in [0.25, 0.3) is 0 Å². The molecule has 47 heavy (non-hydrogen) atoms. The highest BCUT2D eigenvalue weighted by Crippen LogP contribution is 2.38. The van der Waals surface area contributed by atoms with Gasteiger partial charge in [0.25, 0.3) is 5.69 Å². The molecule has 3 aromatic carbocycles. The molecule has 0 unspecified atom stereocenters. The third-order valence-corrected chi connectivity index (χ3v) is 7.93. The lowest BCUT2D eigenvalue weighted by molar-refractivity contribution is -0.385. The van der Waals surface area contributed by atoms with E-state index in [0.717, 1.165) is 42.7 Å². The highest BCUT2D eigenvalue weighted by atomic mass is 35.5. The topological polar surface area (TPSA) is 190 Å². The van der Waals surface area contributed by atoms with Gasteiger partial charge in [-0.3, -0.25) is 34.6 Å². The van der Waals surface area contributed by atoms with Crippen LogP contribution in [-0.4, -0.2) is 48.5 Å². The van der Waals surface area contributed by atoms with Crippen LogP contribution in [0.3, 0.4) is 0 Å². The number of halogens is 4. The lowest BCUT2D eigenvalue weighted by Gasteiger charge is -2.18. The Hall–Kier alpha value is -4.90. The third-order valence-electron chi connectivity index (χ3n) is 6.53. The number of sulfone groups is 1. The summed E-state index contributed by atoms with van der Waals surface area (Å²) in [6, 6.07) is 9.19. The van der Waals surface area contributed by atoms with E-state index in [1.54, 1.807) is 6.92 Å². The van der Waals surface area contributed by atoms with Crippen LogP contribution in [0.4, 0.5) is 24.5 Å². The Morgan fingerprint density at radius 3 is 2.06 bits per heavy atom. The number of alkyl halides is 3. The second-order valence-corrected chi connectivity index (χ2v) is 12.3. The molecule has 1 aliphatic rings. The van der Waals surface area contributed by atoms with Crippen LogP contribution in [0.15, 0.2) is 59.5 Å². The van der Waals surface area contributed by atoms with Gasteiger partial charge in [-0.05, 0) is 49.7 Å². The summed E-state index contributed by atoms with van der Waals surface area (Å²) in [4.78, 5) is 56.3. The molecule has 0 bridgehead atoms. The molecule has 1 aliphatic carbocycles. The average molecular weight is 701 g/mol. The molecule has 0 atom stereocenters. The predicted molar refractivity (Wildman–Crippen MR) is 159 cm³/mol. The van der Waals surface area contributed by atoms with E-state index in [1.807, 2.05) is 0 Å². The minimum absolute atomic E-state index is 0.0111. The van der Waals surface area contributed by atoms with E-state index >= 15 is 0 Å². The normalized spacial score (nSPS) is 13.7. The molecule has 0 aromatic heterocycles. The monoisotopic (exact) mass is 700 g/mol. The Kier molecular flexibility index (Phi) is 11.4. The first-order valence-electron chi connectivity index (χ1n) is 13.4. The first-order chi connectivity index (χ1) is 21.8. The number of Topliss-reactive ketones (excluding diaryl/α,β-unsaturated/α-hetero) is 3. The van der Waals surface area contributed by atoms with Crippen molar-refractivity contribution in [3.05, 3.63) is 91.0 Å². The van der Waals surface area contributed by atoms with Crippen LogP contribution in [0.1, 0.15) is 42.1 Å². The Morgan fingerprint density at radius 2 is 1.55 bits per heavy atom. The second kappa shape index (κ2) is 14.7. The largest absolute Gasteiger partial charge is 0.487 e. The summed E-state index contributed by atoms with van der Waals surface area (Å²) < 4.78 is 71.3. The zero-order valence-electron chi connectivity index (χ0n) is 24.4. The molecular formula is C29H24ClF3N2O11S. The Balaban J connectivity index is 0.000000256. The lowest BCUT2D eigenvalue weighted by Crippen LogP contribution is -2.35. The first-order valence-corrected chi connectivity index (χ1v) is 15.7. The standard InChI is InChI=1S/C15H11ClF3NO4.C14H13NO7S/c1-2-23-14-8-10(4-5-12(14)20(21)22)24-13-6-3-9(7-11(13)16)15(17,18)19;1-23(21,22)8-5-6-9(10(7-8)15(19)20)14(18)13-11(16)3-2-4-12(13)17/h3-8H,2H2,1H3;5-7,13H,2-4H2,1H3. The molecule has 250 valence electrons. The van der Waals surface area contributed by atoms with Crippen LogP contribution in [-0.2, 0) is 25.6 Å². The second-order valence-electron chi connectivity index (χ2n) is 9.86. The van der Waals surface area contributed by atoms with E-state index in [9.17, 15) is 56.2 Å². The number of hydrogen-bond acceptors (Lipinski definition) is 11. The van der Waals surface area contributed by atoms with Gasteiger partial charge >= 0.3 is 11.9 Å². The van der Waals surface area contributed by atoms with Gasteiger partial charge in [-0.2, -0.15) is 13.2 Å². The van der Waals surface area contributed by atoms with Gasteiger partial charge in [0.2, 0.25) is 5.75 Å². The van der Waals surface area contributed by atoms with Crippen LogP contribution in [0, 0.1) is 26.1 Å². The quantitative estimate of drug-likeness (QED) is 0.101. The van der Waals surface area contributed by atoms with E-state index in [2.05, 4.69) is 0 Å². The van der Waals surface area contributed by atoms with Crippen molar-refractivity contribution in [3.63, 3.8) is 0 Å². The van der Waals surface area contributed by atoms with E-state index in [0.29, 0.717) is 6.42 Å². The summed E-state index contributed by atoms with van der Waals surface area (Å²) >= 11 is 5.80. The Morgan fingerprint density at radius 1 is 0.936 bits per heavy atom. The number of rotatable bonds is 9. The van der Waals surface area contributed by atoms with E-state index in [1.165, 1.54) is 18.2 Å². The molecule has 0 saturated heterocycles. The molecule has 0 amide bonds. The number of hydrogen-bond donors (Lipinski definition) is 0. The molecule has 0 N–H and O–H groups in total. The molecule has 18 heteroatoms. The SMILES string of the molecule is CCOc1cc(Oc2ccc(C(F)(F)F)cc2Cl)ccc1[N+](=O)[O-].CS(=O)(=O)c1ccc(C(=O)C2C(=O)CCCC2=O)c([N+](=O)[O-])c1. The van der Waals surface area contributed by atoms with Crippen LogP contribution >= 0.6 is 11.6 Å². The van der Waals surface area contributed by atoms with Crippen LogP contribution in [0.5, 0.6) is 17.2 Å². The van der Waals surface area contributed by atoms with Crippen molar-refractivity contribution in [1.82, 2.24) is 0 Å². The molecule has 0 heterocycles. The zero-order chi connectivity index (χ0) is 35.3. The number of carbonyl (C=O) groups excluding carboxylic acids is 3. The molecule has 3 aromatic rings. The van der Waals surface area contributed by atoms with Gasteiger partial charge in [0.05, 0.1) is 37.5 Å². The van der Waals surface area contributed by atoms with Crippen LogP contribution in [0.2, 0.25) is 5.02 Å². The number of nitro groups is 2. The van der Waals surface area contributed by atoms with Gasteiger partial charge in [0, 0.05) is 37.3 Å².